The molecule has 0 aromatic carbocycles. The standard InChI is InChI=1S/C9H16O.C8H16O/c1-3-4-5-6-7-9(2)8-10;1-2-3-4-5-6-7-8-9/h8H,2-7H2,1H3;8H,2-7H2,1H3. The van der Waals surface area contributed by atoms with E-state index in [4.69, 9.17) is 0 Å². The van der Waals surface area contributed by atoms with E-state index in [1.807, 2.05) is 0 Å². The van der Waals surface area contributed by atoms with Crippen molar-refractivity contribution >= 4 is 12.6 Å². The first-order chi connectivity index (χ1) is 9.22. The number of aldehydes is 2. The van der Waals surface area contributed by atoms with Crippen LogP contribution in [0.3, 0.4) is 0 Å². The van der Waals surface area contributed by atoms with Crippen molar-refractivity contribution in [2.24, 2.45) is 0 Å². The lowest BCUT2D eigenvalue weighted by Crippen LogP contribution is -1.82. The molecular formula is C17H32O2. The van der Waals surface area contributed by atoms with Gasteiger partial charge in [0.05, 0.1) is 0 Å². The van der Waals surface area contributed by atoms with Crippen molar-refractivity contribution in [2.75, 3.05) is 0 Å². The Morgan fingerprint density at radius 2 is 1.37 bits per heavy atom. The van der Waals surface area contributed by atoms with Gasteiger partial charge in [0.15, 0.2) is 0 Å². The molecule has 0 atom stereocenters. The lowest BCUT2D eigenvalue weighted by atomic mass is 10.1. The Bertz CT molecular complexity index is 209. The molecular weight excluding hydrogens is 236 g/mol. The number of carbonyl (C=O) groups excluding carboxylic acids is 2. The summed E-state index contributed by atoms with van der Waals surface area (Å²) in [6, 6.07) is 0. The third kappa shape index (κ3) is 22.7. The Labute approximate surface area is 119 Å². The van der Waals surface area contributed by atoms with Crippen LogP contribution in [0.2, 0.25) is 0 Å². The Hall–Kier alpha value is -0.920. The average Bonchev–Trinajstić information content (AvgIpc) is 2.44. The van der Waals surface area contributed by atoms with Crippen LogP contribution in [0, 0.1) is 0 Å². The van der Waals surface area contributed by atoms with Gasteiger partial charge in [0.1, 0.15) is 12.6 Å². The minimum absolute atomic E-state index is 0.733. The Morgan fingerprint density at radius 1 is 0.842 bits per heavy atom. The largest absolute Gasteiger partial charge is 0.303 e. The van der Waals surface area contributed by atoms with E-state index < -0.39 is 0 Å². The van der Waals surface area contributed by atoms with Crippen LogP contribution >= 0.6 is 0 Å². The minimum atomic E-state index is 0.733. The summed E-state index contributed by atoms with van der Waals surface area (Å²) < 4.78 is 0. The quantitative estimate of drug-likeness (QED) is 0.275. The molecule has 0 spiro atoms. The molecule has 0 heterocycles. The van der Waals surface area contributed by atoms with Crippen molar-refractivity contribution < 1.29 is 9.59 Å². The molecule has 0 radical (unpaired) electrons. The predicted octanol–water partition coefficient (Wildman–Crippen LogP) is 5.26. The van der Waals surface area contributed by atoms with Crippen LogP contribution in [-0.4, -0.2) is 12.6 Å². The summed E-state index contributed by atoms with van der Waals surface area (Å²) in [7, 11) is 0. The Kier molecular flexibility index (Phi) is 20.8. The molecule has 0 aliphatic rings. The second-order valence-corrected chi connectivity index (χ2v) is 4.96. The summed E-state index contributed by atoms with van der Waals surface area (Å²) >= 11 is 0. The van der Waals surface area contributed by atoms with Crippen LogP contribution in [-0.2, 0) is 9.59 Å². The van der Waals surface area contributed by atoms with Crippen LogP contribution in [0.25, 0.3) is 0 Å². The number of hydrogen-bond donors (Lipinski definition) is 0. The fourth-order valence-corrected chi connectivity index (χ4v) is 1.67. The molecule has 112 valence electrons. The van der Waals surface area contributed by atoms with E-state index in [0.717, 1.165) is 43.8 Å². The lowest BCUT2D eigenvalue weighted by molar-refractivity contribution is -0.108. The zero-order chi connectivity index (χ0) is 14.8. The van der Waals surface area contributed by atoms with Gasteiger partial charge >= 0.3 is 0 Å². The molecule has 0 aliphatic carbocycles. The molecule has 0 aliphatic heterocycles. The highest BCUT2D eigenvalue weighted by molar-refractivity contribution is 5.71. The maximum Gasteiger partial charge on any atom is 0.145 e. The molecule has 0 aromatic rings. The fraction of sp³-hybridized carbons (Fsp3) is 0.765. The summed E-state index contributed by atoms with van der Waals surface area (Å²) in [5.41, 5.74) is 0.733. The summed E-state index contributed by atoms with van der Waals surface area (Å²) in [6.45, 7) is 7.97. The van der Waals surface area contributed by atoms with Gasteiger partial charge in [0.25, 0.3) is 0 Å². The van der Waals surface area contributed by atoms with E-state index in [1.165, 1.54) is 44.9 Å². The molecule has 0 amide bonds. The second kappa shape index (κ2) is 19.4. The predicted molar refractivity (Wildman–Crippen MR) is 83.4 cm³/mol. The van der Waals surface area contributed by atoms with Crippen molar-refractivity contribution in [3.05, 3.63) is 12.2 Å². The molecule has 0 aromatic heterocycles. The van der Waals surface area contributed by atoms with Gasteiger partial charge in [-0.1, -0.05) is 65.4 Å². The van der Waals surface area contributed by atoms with Gasteiger partial charge in [-0.15, -0.1) is 0 Å². The average molecular weight is 268 g/mol. The molecule has 0 bridgehead atoms. The van der Waals surface area contributed by atoms with Crippen LogP contribution in [0.5, 0.6) is 0 Å². The maximum absolute atomic E-state index is 10.1. The van der Waals surface area contributed by atoms with Crippen LogP contribution in [0.4, 0.5) is 0 Å². The van der Waals surface area contributed by atoms with Gasteiger partial charge in [0, 0.05) is 6.42 Å². The minimum Gasteiger partial charge on any atom is -0.303 e. The molecule has 19 heavy (non-hydrogen) atoms. The SMILES string of the molecule is C=C(C=O)CCCCCC.CCCCCCCC=O. The lowest BCUT2D eigenvalue weighted by Gasteiger charge is -1.96. The fourth-order valence-electron chi connectivity index (χ4n) is 1.67. The van der Waals surface area contributed by atoms with E-state index in [2.05, 4.69) is 20.4 Å². The zero-order valence-corrected chi connectivity index (χ0v) is 13.0. The molecule has 0 fully saturated rings. The molecule has 0 N–H and O–H groups in total. The van der Waals surface area contributed by atoms with Gasteiger partial charge < -0.3 is 4.79 Å². The van der Waals surface area contributed by atoms with Gasteiger partial charge in [0.2, 0.25) is 0 Å². The summed E-state index contributed by atoms with van der Waals surface area (Å²) in [4.78, 5) is 19.9. The number of allylic oxidation sites excluding steroid dienone is 1. The van der Waals surface area contributed by atoms with Gasteiger partial charge in [-0.3, -0.25) is 4.79 Å². The van der Waals surface area contributed by atoms with Crippen LogP contribution in [0.1, 0.15) is 84.5 Å². The zero-order valence-electron chi connectivity index (χ0n) is 13.0. The number of carbonyl (C=O) groups is 2. The van der Waals surface area contributed by atoms with Gasteiger partial charge in [-0.05, 0) is 24.8 Å². The van der Waals surface area contributed by atoms with Crippen molar-refractivity contribution in [2.45, 2.75) is 84.5 Å². The van der Waals surface area contributed by atoms with E-state index >= 15 is 0 Å². The highest BCUT2D eigenvalue weighted by Crippen LogP contribution is 2.06. The summed E-state index contributed by atoms with van der Waals surface area (Å²) in [5, 5.41) is 0. The second-order valence-electron chi connectivity index (χ2n) is 4.96. The third-order valence-electron chi connectivity index (χ3n) is 2.94. The molecule has 0 rings (SSSR count). The maximum atomic E-state index is 10.1. The van der Waals surface area contributed by atoms with Crippen molar-refractivity contribution in [1.29, 1.82) is 0 Å². The van der Waals surface area contributed by atoms with Crippen molar-refractivity contribution in [1.82, 2.24) is 0 Å². The summed E-state index contributed by atoms with van der Waals surface area (Å²) in [5.74, 6) is 0. The summed E-state index contributed by atoms with van der Waals surface area (Å²) in [6.07, 6.45) is 14.6. The van der Waals surface area contributed by atoms with E-state index in [0.29, 0.717) is 0 Å². The highest BCUT2D eigenvalue weighted by Gasteiger charge is 1.90. The highest BCUT2D eigenvalue weighted by atomic mass is 16.1. The topological polar surface area (TPSA) is 34.1 Å². The normalized spacial score (nSPS) is 9.37. The molecule has 2 nitrogen and oxygen atoms in total. The molecule has 2 heteroatoms. The van der Waals surface area contributed by atoms with Crippen molar-refractivity contribution in [3.8, 4) is 0 Å². The number of hydrogen-bond acceptors (Lipinski definition) is 2. The van der Waals surface area contributed by atoms with Crippen molar-refractivity contribution in [3.63, 3.8) is 0 Å². The number of rotatable bonds is 12. The van der Waals surface area contributed by atoms with E-state index in [-0.39, 0.29) is 0 Å². The number of unbranched alkanes of at least 4 members (excludes halogenated alkanes) is 8. The van der Waals surface area contributed by atoms with Gasteiger partial charge in [-0.25, -0.2) is 0 Å². The first-order valence-electron chi connectivity index (χ1n) is 7.79. The Balaban J connectivity index is 0. The van der Waals surface area contributed by atoms with E-state index in [9.17, 15) is 9.59 Å². The van der Waals surface area contributed by atoms with E-state index in [1.54, 1.807) is 0 Å². The molecule has 0 saturated heterocycles. The van der Waals surface area contributed by atoms with Crippen LogP contribution < -0.4 is 0 Å². The van der Waals surface area contributed by atoms with Crippen LogP contribution in [0.15, 0.2) is 12.2 Å². The molecule has 0 unspecified atom stereocenters. The monoisotopic (exact) mass is 268 g/mol. The first-order valence-corrected chi connectivity index (χ1v) is 7.79. The molecule has 0 saturated carbocycles. The van der Waals surface area contributed by atoms with Gasteiger partial charge in [-0.2, -0.15) is 0 Å². The first kappa shape index (κ1) is 20.4. The smallest absolute Gasteiger partial charge is 0.145 e. The Morgan fingerprint density at radius 3 is 1.84 bits per heavy atom. The third-order valence-corrected chi connectivity index (χ3v) is 2.94.